The summed E-state index contributed by atoms with van der Waals surface area (Å²) in [6.45, 7) is 1.58. The fourth-order valence-corrected chi connectivity index (χ4v) is 1.97. The van der Waals surface area contributed by atoms with Crippen molar-refractivity contribution in [3.05, 3.63) is 29.8 Å². The first-order chi connectivity index (χ1) is 7.22. The molecule has 1 aromatic carbocycles. The Bertz CT molecular complexity index is 360. The quantitative estimate of drug-likeness (QED) is 0.730. The van der Waals surface area contributed by atoms with E-state index in [1.807, 2.05) is 19.1 Å². The Balaban J connectivity index is 2.25. The van der Waals surface area contributed by atoms with Gasteiger partial charge in [-0.05, 0) is 31.0 Å². The predicted octanol–water partition coefficient (Wildman–Crippen LogP) is 2.67. The number of benzene rings is 1. The van der Waals surface area contributed by atoms with Crippen LogP contribution in [0.4, 0.5) is 10.1 Å². The molecule has 1 saturated heterocycles. The fourth-order valence-electron chi connectivity index (χ4n) is 1.97. The Morgan fingerprint density at radius 1 is 1.40 bits per heavy atom. The average molecular weight is 207 g/mol. The van der Waals surface area contributed by atoms with Crippen LogP contribution in [0, 0.1) is 0 Å². The zero-order valence-corrected chi connectivity index (χ0v) is 8.74. The molecule has 1 amide bonds. The van der Waals surface area contributed by atoms with Gasteiger partial charge in [-0.25, -0.2) is 4.39 Å². The maximum atomic E-state index is 12.3. The average Bonchev–Trinajstić information content (AvgIpc) is 2.59. The normalized spacial score (nSPS) is 21.1. The predicted molar refractivity (Wildman–Crippen MR) is 57.4 cm³/mol. The maximum Gasteiger partial charge on any atom is 0.227 e. The number of hydrogen-bond acceptors (Lipinski definition) is 1. The summed E-state index contributed by atoms with van der Waals surface area (Å²) in [5.41, 5.74) is 1.53. The second-order valence-electron chi connectivity index (χ2n) is 3.95. The summed E-state index contributed by atoms with van der Waals surface area (Å²) >= 11 is 0. The molecule has 1 atom stereocenters. The maximum absolute atomic E-state index is 12.3. The Hall–Kier alpha value is -1.38. The van der Waals surface area contributed by atoms with E-state index in [2.05, 4.69) is 0 Å². The van der Waals surface area contributed by atoms with Crippen molar-refractivity contribution < 1.29 is 9.18 Å². The first-order valence-electron chi connectivity index (χ1n) is 5.19. The summed E-state index contributed by atoms with van der Waals surface area (Å²) in [5.74, 6) is 0.162. The largest absolute Gasteiger partial charge is 0.310 e. The van der Waals surface area contributed by atoms with Gasteiger partial charge in [-0.3, -0.25) is 4.79 Å². The van der Waals surface area contributed by atoms with Gasteiger partial charge in [-0.2, -0.15) is 0 Å². The zero-order chi connectivity index (χ0) is 10.8. The van der Waals surface area contributed by atoms with Crippen LogP contribution in [0.3, 0.4) is 0 Å². The topological polar surface area (TPSA) is 20.3 Å². The number of carbonyl (C=O) groups excluding carboxylic acids is 1. The van der Waals surface area contributed by atoms with Crippen molar-refractivity contribution in [2.45, 2.75) is 32.5 Å². The summed E-state index contributed by atoms with van der Waals surface area (Å²) in [6, 6.07) is 7.35. The van der Waals surface area contributed by atoms with Gasteiger partial charge in [0, 0.05) is 18.2 Å². The zero-order valence-electron chi connectivity index (χ0n) is 8.74. The number of anilines is 1. The minimum Gasteiger partial charge on any atom is -0.310 e. The SMILES string of the molecule is CC1CCC(=O)N1c1ccc(CF)cc1. The van der Waals surface area contributed by atoms with Crippen molar-refractivity contribution in [2.24, 2.45) is 0 Å². The number of nitrogens with zero attached hydrogens (tertiary/aromatic N) is 1. The van der Waals surface area contributed by atoms with Crippen LogP contribution in [0.2, 0.25) is 0 Å². The molecule has 80 valence electrons. The molecule has 2 rings (SSSR count). The molecule has 2 nitrogen and oxygen atoms in total. The summed E-state index contributed by atoms with van der Waals surface area (Å²) in [6.07, 6.45) is 1.52. The van der Waals surface area contributed by atoms with E-state index in [1.165, 1.54) is 0 Å². The molecule has 1 aliphatic rings. The van der Waals surface area contributed by atoms with Crippen LogP contribution in [0.25, 0.3) is 0 Å². The number of hydrogen-bond donors (Lipinski definition) is 0. The van der Waals surface area contributed by atoms with Crippen LogP contribution in [0.15, 0.2) is 24.3 Å². The van der Waals surface area contributed by atoms with E-state index in [1.54, 1.807) is 17.0 Å². The van der Waals surface area contributed by atoms with Gasteiger partial charge in [0.05, 0.1) is 0 Å². The molecule has 0 aliphatic carbocycles. The van der Waals surface area contributed by atoms with Crippen molar-refractivity contribution in [1.82, 2.24) is 0 Å². The van der Waals surface area contributed by atoms with E-state index in [0.717, 1.165) is 12.1 Å². The second kappa shape index (κ2) is 4.01. The molecule has 1 aliphatic heterocycles. The third-order valence-electron chi connectivity index (χ3n) is 2.85. The summed E-state index contributed by atoms with van der Waals surface area (Å²) in [4.78, 5) is 13.4. The molecule has 0 N–H and O–H groups in total. The lowest BCUT2D eigenvalue weighted by atomic mass is 10.2. The highest BCUT2D eigenvalue weighted by Gasteiger charge is 2.28. The van der Waals surface area contributed by atoms with Crippen molar-refractivity contribution in [2.75, 3.05) is 4.90 Å². The number of alkyl halides is 1. The molecule has 3 heteroatoms. The first-order valence-corrected chi connectivity index (χ1v) is 5.19. The summed E-state index contributed by atoms with van der Waals surface area (Å²) in [7, 11) is 0. The summed E-state index contributed by atoms with van der Waals surface area (Å²) < 4.78 is 12.3. The monoisotopic (exact) mass is 207 g/mol. The third-order valence-corrected chi connectivity index (χ3v) is 2.85. The minimum absolute atomic E-state index is 0.162. The molecule has 0 spiro atoms. The van der Waals surface area contributed by atoms with Gasteiger partial charge < -0.3 is 4.90 Å². The van der Waals surface area contributed by atoms with Gasteiger partial charge in [0.25, 0.3) is 0 Å². The smallest absolute Gasteiger partial charge is 0.227 e. The van der Waals surface area contributed by atoms with Gasteiger partial charge in [0.1, 0.15) is 6.67 Å². The molecule has 0 radical (unpaired) electrons. The molecule has 1 aromatic rings. The number of halogens is 1. The standard InChI is InChI=1S/C12H14FNO/c1-9-2-7-12(15)14(9)11-5-3-10(8-13)4-6-11/h3-6,9H,2,7-8H2,1H3. The van der Waals surface area contributed by atoms with Crippen LogP contribution < -0.4 is 4.90 Å². The highest BCUT2D eigenvalue weighted by molar-refractivity contribution is 5.96. The van der Waals surface area contributed by atoms with Gasteiger partial charge in [0.15, 0.2) is 0 Å². The number of amides is 1. The lowest BCUT2D eigenvalue weighted by molar-refractivity contribution is -0.117. The summed E-state index contributed by atoms with van der Waals surface area (Å²) in [5, 5.41) is 0. The number of rotatable bonds is 2. The molecular formula is C12H14FNO. The first kappa shape index (κ1) is 10.1. The molecule has 0 aromatic heterocycles. The van der Waals surface area contributed by atoms with Crippen molar-refractivity contribution >= 4 is 11.6 Å². The Labute approximate surface area is 88.7 Å². The molecule has 1 fully saturated rings. The second-order valence-corrected chi connectivity index (χ2v) is 3.95. The molecular weight excluding hydrogens is 193 g/mol. The number of carbonyl (C=O) groups is 1. The van der Waals surface area contributed by atoms with Crippen LogP contribution in [-0.4, -0.2) is 11.9 Å². The van der Waals surface area contributed by atoms with E-state index >= 15 is 0 Å². The van der Waals surface area contributed by atoms with Gasteiger partial charge in [0.2, 0.25) is 5.91 Å². The third kappa shape index (κ3) is 1.87. The highest BCUT2D eigenvalue weighted by atomic mass is 19.1. The van der Waals surface area contributed by atoms with Gasteiger partial charge in [-0.15, -0.1) is 0 Å². The van der Waals surface area contributed by atoms with Crippen molar-refractivity contribution in [1.29, 1.82) is 0 Å². The van der Waals surface area contributed by atoms with Crippen LogP contribution in [0.5, 0.6) is 0 Å². The van der Waals surface area contributed by atoms with Crippen molar-refractivity contribution in [3.63, 3.8) is 0 Å². The molecule has 1 unspecified atom stereocenters. The highest BCUT2D eigenvalue weighted by Crippen LogP contribution is 2.26. The minimum atomic E-state index is -0.455. The lowest BCUT2D eigenvalue weighted by Gasteiger charge is -2.21. The van der Waals surface area contributed by atoms with E-state index in [-0.39, 0.29) is 11.9 Å². The van der Waals surface area contributed by atoms with E-state index in [9.17, 15) is 9.18 Å². The van der Waals surface area contributed by atoms with E-state index < -0.39 is 6.67 Å². The Kier molecular flexibility index (Phi) is 2.71. The molecule has 0 saturated carbocycles. The van der Waals surface area contributed by atoms with Gasteiger partial charge in [-0.1, -0.05) is 12.1 Å². The van der Waals surface area contributed by atoms with Crippen LogP contribution >= 0.6 is 0 Å². The van der Waals surface area contributed by atoms with Crippen molar-refractivity contribution in [3.8, 4) is 0 Å². The molecule has 1 heterocycles. The fraction of sp³-hybridized carbons (Fsp3) is 0.417. The Morgan fingerprint density at radius 3 is 2.53 bits per heavy atom. The van der Waals surface area contributed by atoms with Crippen LogP contribution in [0.1, 0.15) is 25.3 Å². The molecule has 15 heavy (non-hydrogen) atoms. The molecule has 0 bridgehead atoms. The van der Waals surface area contributed by atoms with Gasteiger partial charge >= 0.3 is 0 Å². The van der Waals surface area contributed by atoms with Crippen LogP contribution in [-0.2, 0) is 11.5 Å². The van der Waals surface area contributed by atoms with E-state index in [4.69, 9.17) is 0 Å². The lowest BCUT2D eigenvalue weighted by Crippen LogP contribution is -2.30. The Morgan fingerprint density at radius 2 is 2.07 bits per heavy atom. The van der Waals surface area contributed by atoms with E-state index in [0.29, 0.717) is 12.0 Å².